The number of carbonyl (C=O) groups is 1. The number of aliphatic imine (C=N–C) groups is 1. The lowest BCUT2D eigenvalue weighted by Gasteiger charge is -2.20. The number of nitrogens with zero attached hydrogens (tertiary/aromatic N) is 1. The zero-order valence-corrected chi connectivity index (χ0v) is 10.7. The summed E-state index contributed by atoms with van der Waals surface area (Å²) in [6.45, 7) is 8.78. The fourth-order valence-corrected chi connectivity index (χ4v) is 1.13. The maximum atomic E-state index is 10.8. The maximum absolute atomic E-state index is 10.8. The lowest BCUT2D eigenvalue weighted by atomic mass is 10.2. The first-order chi connectivity index (χ1) is 7.70. The predicted octanol–water partition coefficient (Wildman–Crippen LogP) is 2.21. The second-order valence-corrected chi connectivity index (χ2v) is 3.49. The standard InChI is InChI=1S/C10H17NO3.C2H6/c1-8(9(2)12)11-7-14-10-3-5-13-6-4-10;1-2/h7-8,10H,3-6H2,1-2H3;1-2H3. The van der Waals surface area contributed by atoms with Crippen LogP contribution in [0.3, 0.4) is 0 Å². The number of carbonyl (C=O) groups excluding carboxylic acids is 1. The van der Waals surface area contributed by atoms with Crippen LogP contribution in [-0.2, 0) is 14.3 Å². The van der Waals surface area contributed by atoms with Crippen LogP contribution in [0.25, 0.3) is 0 Å². The molecular formula is C12H23NO3. The van der Waals surface area contributed by atoms with E-state index in [2.05, 4.69) is 4.99 Å². The van der Waals surface area contributed by atoms with Crippen LogP contribution in [0.4, 0.5) is 0 Å². The van der Waals surface area contributed by atoms with E-state index in [-0.39, 0.29) is 17.9 Å². The number of hydrogen-bond acceptors (Lipinski definition) is 4. The van der Waals surface area contributed by atoms with Crippen molar-refractivity contribution >= 4 is 12.2 Å². The van der Waals surface area contributed by atoms with Crippen LogP contribution in [0, 0.1) is 0 Å². The summed E-state index contributed by atoms with van der Waals surface area (Å²) in [4.78, 5) is 14.8. The highest BCUT2D eigenvalue weighted by molar-refractivity contribution is 5.82. The van der Waals surface area contributed by atoms with Gasteiger partial charge in [-0.25, -0.2) is 4.99 Å². The Labute approximate surface area is 98.0 Å². The molecule has 4 heteroatoms. The van der Waals surface area contributed by atoms with Crippen molar-refractivity contribution in [3.63, 3.8) is 0 Å². The lowest BCUT2D eigenvalue weighted by molar-refractivity contribution is -0.117. The molecule has 1 unspecified atom stereocenters. The Kier molecular flexibility index (Phi) is 8.81. The Bertz CT molecular complexity index is 210. The molecule has 0 radical (unpaired) electrons. The molecule has 0 bridgehead atoms. The zero-order chi connectivity index (χ0) is 12.4. The van der Waals surface area contributed by atoms with Crippen molar-refractivity contribution in [2.75, 3.05) is 13.2 Å². The van der Waals surface area contributed by atoms with Crippen LogP contribution < -0.4 is 0 Å². The third kappa shape index (κ3) is 6.56. The fourth-order valence-electron chi connectivity index (χ4n) is 1.13. The van der Waals surface area contributed by atoms with E-state index >= 15 is 0 Å². The molecule has 0 spiro atoms. The van der Waals surface area contributed by atoms with Crippen molar-refractivity contribution in [2.45, 2.75) is 52.7 Å². The summed E-state index contributed by atoms with van der Waals surface area (Å²) >= 11 is 0. The molecule has 94 valence electrons. The summed E-state index contributed by atoms with van der Waals surface area (Å²) in [5.41, 5.74) is 0. The van der Waals surface area contributed by atoms with Gasteiger partial charge in [-0.05, 0) is 13.8 Å². The van der Waals surface area contributed by atoms with E-state index in [0.29, 0.717) is 0 Å². The SMILES string of the molecule is CC.CC(=O)C(C)N=COC1CCOCC1. The summed E-state index contributed by atoms with van der Waals surface area (Å²) in [7, 11) is 0. The molecule has 1 saturated heterocycles. The van der Waals surface area contributed by atoms with E-state index in [1.165, 1.54) is 13.3 Å². The molecule has 0 aromatic carbocycles. The summed E-state index contributed by atoms with van der Waals surface area (Å²) in [5.74, 6) is 0.0526. The van der Waals surface area contributed by atoms with E-state index in [0.717, 1.165) is 26.1 Å². The monoisotopic (exact) mass is 229 g/mol. The van der Waals surface area contributed by atoms with E-state index in [4.69, 9.17) is 9.47 Å². The van der Waals surface area contributed by atoms with Gasteiger partial charge in [0.1, 0.15) is 12.1 Å². The van der Waals surface area contributed by atoms with Crippen molar-refractivity contribution in [1.29, 1.82) is 0 Å². The predicted molar refractivity (Wildman–Crippen MR) is 64.9 cm³/mol. The minimum absolute atomic E-state index is 0.0526. The van der Waals surface area contributed by atoms with Crippen molar-refractivity contribution in [2.24, 2.45) is 4.99 Å². The van der Waals surface area contributed by atoms with Crippen molar-refractivity contribution in [3.8, 4) is 0 Å². The van der Waals surface area contributed by atoms with Crippen LogP contribution in [0.2, 0.25) is 0 Å². The zero-order valence-electron chi connectivity index (χ0n) is 10.7. The van der Waals surface area contributed by atoms with Gasteiger partial charge in [0.15, 0.2) is 12.2 Å². The van der Waals surface area contributed by atoms with E-state index in [1.54, 1.807) is 6.92 Å². The molecule has 0 aliphatic carbocycles. The first-order valence-corrected chi connectivity index (χ1v) is 5.95. The highest BCUT2D eigenvalue weighted by Gasteiger charge is 2.13. The van der Waals surface area contributed by atoms with Gasteiger partial charge in [0.25, 0.3) is 0 Å². The topological polar surface area (TPSA) is 47.9 Å². The smallest absolute Gasteiger partial charge is 0.170 e. The quantitative estimate of drug-likeness (QED) is 0.548. The molecule has 1 rings (SSSR count). The van der Waals surface area contributed by atoms with Crippen LogP contribution >= 0.6 is 0 Å². The van der Waals surface area contributed by atoms with Gasteiger partial charge < -0.3 is 9.47 Å². The molecule has 0 aromatic heterocycles. The van der Waals surface area contributed by atoms with Gasteiger partial charge >= 0.3 is 0 Å². The van der Waals surface area contributed by atoms with Crippen molar-refractivity contribution < 1.29 is 14.3 Å². The van der Waals surface area contributed by atoms with Crippen LogP contribution in [-0.4, -0.2) is 37.5 Å². The van der Waals surface area contributed by atoms with Crippen LogP contribution in [0.1, 0.15) is 40.5 Å². The second kappa shape index (κ2) is 9.33. The first kappa shape index (κ1) is 15.1. The van der Waals surface area contributed by atoms with Gasteiger partial charge in [-0.2, -0.15) is 0 Å². The summed E-state index contributed by atoms with van der Waals surface area (Å²) in [5, 5.41) is 0. The van der Waals surface area contributed by atoms with E-state index in [9.17, 15) is 4.79 Å². The average molecular weight is 229 g/mol. The van der Waals surface area contributed by atoms with E-state index in [1.807, 2.05) is 13.8 Å². The normalized spacial score (nSPS) is 18.8. The van der Waals surface area contributed by atoms with Gasteiger partial charge in [0, 0.05) is 12.8 Å². The van der Waals surface area contributed by atoms with Crippen LogP contribution in [0.5, 0.6) is 0 Å². The molecule has 1 aliphatic heterocycles. The van der Waals surface area contributed by atoms with Crippen molar-refractivity contribution in [3.05, 3.63) is 0 Å². The number of Topliss-reactive ketones (excluding diaryl/α,β-unsaturated/α-hetero) is 1. The molecule has 4 nitrogen and oxygen atoms in total. The Morgan fingerprint density at radius 3 is 2.50 bits per heavy atom. The Hall–Kier alpha value is -0.900. The summed E-state index contributed by atoms with van der Waals surface area (Å²) < 4.78 is 10.6. The molecular weight excluding hydrogens is 206 g/mol. The fraction of sp³-hybridized carbons (Fsp3) is 0.833. The molecule has 1 aliphatic rings. The Morgan fingerprint density at radius 2 is 2.00 bits per heavy atom. The highest BCUT2D eigenvalue weighted by atomic mass is 16.5. The van der Waals surface area contributed by atoms with Gasteiger partial charge in [-0.3, -0.25) is 4.79 Å². The molecule has 1 heterocycles. The molecule has 0 saturated carbocycles. The van der Waals surface area contributed by atoms with Gasteiger partial charge in [0.2, 0.25) is 0 Å². The minimum atomic E-state index is -0.296. The lowest BCUT2D eigenvalue weighted by Crippen LogP contribution is -2.23. The Balaban J connectivity index is 0.00000106. The molecule has 0 amide bonds. The third-order valence-electron chi connectivity index (χ3n) is 2.29. The Morgan fingerprint density at radius 1 is 1.44 bits per heavy atom. The summed E-state index contributed by atoms with van der Waals surface area (Å²) in [6, 6.07) is -0.296. The van der Waals surface area contributed by atoms with Crippen molar-refractivity contribution in [1.82, 2.24) is 0 Å². The largest absolute Gasteiger partial charge is 0.480 e. The highest BCUT2D eigenvalue weighted by Crippen LogP contribution is 2.09. The molecule has 0 N–H and O–H groups in total. The number of rotatable bonds is 4. The molecule has 1 atom stereocenters. The first-order valence-electron chi connectivity index (χ1n) is 5.95. The minimum Gasteiger partial charge on any atom is -0.480 e. The second-order valence-electron chi connectivity index (χ2n) is 3.49. The van der Waals surface area contributed by atoms with Gasteiger partial charge in [0.05, 0.1) is 13.2 Å². The van der Waals surface area contributed by atoms with Gasteiger partial charge in [-0.15, -0.1) is 0 Å². The maximum Gasteiger partial charge on any atom is 0.170 e. The third-order valence-corrected chi connectivity index (χ3v) is 2.29. The number of ketones is 1. The number of hydrogen-bond donors (Lipinski definition) is 0. The average Bonchev–Trinajstić information content (AvgIpc) is 2.33. The molecule has 16 heavy (non-hydrogen) atoms. The summed E-state index contributed by atoms with van der Waals surface area (Å²) in [6.07, 6.45) is 3.41. The van der Waals surface area contributed by atoms with Crippen LogP contribution in [0.15, 0.2) is 4.99 Å². The van der Waals surface area contributed by atoms with E-state index < -0.39 is 0 Å². The van der Waals surface area contributed by atoms with Gasteiger partial charge in [-0.1, -0.05) is 13.8 Å². The molecule has 0 aromatic rings. The molecule has 1 fully saturated rings. The number of ether oxygens (including phenoxy) is 2.